The van der Waals surface area contributed by atoms with Crippen LogP contribution in [0.2, 0.25) is 0 Å². The molecule has 23 heavy (non-hydrogen) atoms. The second-order valence-electron chi connectivity index (χ2n) is 5.14. The first-order valence-electron chi connectivity index (χ1n) is 6.89. The molecule has 1 aromatic carbocycles. The summed E-state index contributed by atoms with van der Waals surface area (Å²) in [4.78, 5) is 12.3. The molecular formula is C16H18N6O. The highest BCUT2D eigenvalue weighted by Gasteiger charge is 2.10. The van der Waals surface area contributed by atoms with Crippen molar-refractivity contribution in [2.75, 3.05) is 11.1 Å². The number of rotatable bonds is 3. The van der Waals surface area contributed by atoms with Crippen LogP contribution in [0.25, 0.3) is 0 Å². The fourth-order valence-electron chi connectivity index (χ4n) is 2.07. The molecule has 118 valence electrons. The Labute approximate surface area is 133 Å². The van der Waals surface area contributed by atoms with Gasteiger partial charge < -0.3 is 16.5 Å². The van der Waals surface area contributed by atoms with Crippen molar-refractivity contribution in [2.24, 2.45) is 0 Å². The molecule has 7 heteroatoms. The highest BCUT2D eigenvalue weighted by molar-refractivity contribution is 6.06. The summed E-state index contributed by atoms with van der Waals surface area (Å²) in [6.07, 6.45) is 1.44. The first-order chi connectivity index (χ1) is 10.8. The Morgan fingerprint density at radius 1 is 1.17 bits per heavy atom. The third kappa shape index (κ3) is 3.52. The largest absolute Gasteiger partial charge is 0.398 e. The van der Waals surface area contributed by atoms with E-state index in [4.69, 9.17) is 22.0 Å². The third-order valence-electron chi connectivity index (χ3n) is 3.29. The molecule has 0 saturated heterocycles. The standard InChI is InChI=1S/C16H18N6O/c1-9(17)13-7-12(4-5-14(13)19)21-16(23)11-3-6-15(20)22(8-11)10(2)18/h3-8,17-18,20H,19H2,1-2H3,(H,21,23). The van der Waals surface area contributed by atoms with Crippen LogP contribution < -0.4 is 16.5 Å². The average molecular weight is 310 g/mol. The molecule has 0 atom stereocenters. The highest BCUT2D eigenvalue weighted by Crippen LogP contribution is 2.19. The van der Waals surface area contributed by atoms with E-state index >= 15 is 0 Å². The third-order valence-corrected chi connectivity index (χ3v) is 3.29. The Morgan fingerprint density at radius 3 is 2.48 bits per heavy atom. The van der Waals surface area contributed by atoms with Gasteiger partial charge in [0, 0.05) is 28.8 Å². The highest BCUT2D eigenvalue weighted by atomic mass is 16.1. The molecule has 1 aromatic heterocycles. The molecule has 0 aliphatic rings. The van der Waals surface area contributed by atoms with E-state index in [0.29, 0.717) is 28.2 Å². The van der Waals surface area contributed by atoms with Gasteiger partial charge in [0.25, 0.3) is 5.91 Å². The van der Waals surface area contributed by atoms with Crippen molar-refractivity contribution in [1.82, 2.24) is 4.57 Å². The molecule has 1 amide bonds. The Kier molecular flexibility index (Phi) is 4.40. The smallest absolute Gasteiger partial charge is 0.257 e. The number of benzene rings is 1. The monoisotopic (exact) mass is 310 g/mol. The van der Waals surface area contributed by atoms with E-state index in [9.17, 15) is 4.79 Å². The number of anilines is 2. The topological polar surface area (TPSA) is 132 Å². The van der Waals surface area contributed by atoms with Crippen LogP contribution in [0.5, 0.6) is 0 Å². The van der Waals surface area contributed by atoms with Crippen molar-refractivity contribution < 1.29 is 4.79 Å². The zero-order chi connectivity index (χ0) is 17.1. The minimum atomic E-state index is -0.363. The van der Waals surface area contributed by atoms with Gasteiger partial charge in [0.05, 0.1) is 5.56 Å². The number of hydrogen-bond acceptors (Lipinski definition) is 5. The number of carbonyl (C=O) groups excluding carboxylic acids is 1. The van der Waals surface area contributed by atoms with E-state index in [1.807, 2.05) is 0 Å². The molecule has 0 bridgehead atoms. The van der Waals surface area contributed by atoms with Crippen LogP contribution >= 0.6 is 0 Å². The van der Waals surface area contributed by atoms with Crippen molar-refractivity contribution in [3.05, 3.63) is 53.1 Å². The van der Waals surface area contributed by atoms with E-state index in [-0.39, 0.29) is 17.2 Å². The van der Waals surface area contributed by atoms with E-state index in [2.05, 4.69) is 5.32 Å². The quantitative estimate of drug-likeness (QED) is 0.337. The van der Waals surface area contributed by atoms with Gasteiger partial charge in [-0.05, 0) is 44.2 Å². The van der Waals surface area contributed by atoms with Gasteiger partial charge >= 0.3 is 0 Å². The molecule has 2 aromatic rings. The second kappa shape index (κ2) is 6.27. The Bertz CT molecular complexity index is 865. The van der Waals surface area contributed by atoms with Gasteiger partial charge in [-0.15, -0.1) is 0 Å². The van der Waals surface area contributed by atoms with Gasteiger partial charge in [0.1, 0.15) is 11.3 Å². The summed E-state index contributed by atoms with van der Waals surface area (Å²) in [6, 6.07) is 7.93. The van der Waals surface area contributed by atoms with Crippen molar-refractivity contribution in [1.29, 1.82) is 16.2 Å². The molecule has 7 nitrogen and oxygen atoms in total. The van der Waals surface area contributed by atoms with E-state index in [1.54, 1.807) is 32.0 Å². The number of amides is 1. The van der Waals surface area contributed by atoms with Crippen molar-refractivity contribution in [2.45, 2.75) is 13.8 Å². The molecule has 6 N–H and O–H groups in total. The van der Waals surface area contributed by atoms with Crippen LogP contribution in [0, 0.1) is 16.2 Å². The lowest BCUT2D eigenvalue weighted by Crippen LogP contribution is -2.25. The normalized spacial score (nSPS) is 10.2. The van der Waals surface area contributed by atoms with E-state index < -0.39 is 0 Å². The fourth-order valence-corrected chi connectivity index (χ4v) is 2.07. The molecule has 0 radical (unpaired) electrons. The molecular weight excluding hydrogens is 292 g/mol. The van der Waals surface area contributed by atoms with Crippen molar-refractivity contribution >= 4 is 28.8 Å². The van der Waals surface area contributed by atoms with Crippen LogP contribution in [0.15, 0.2) is 36.5 Å². The predicted octanol–water partition coefficient (Wildman–Crippen LogP) is 2.04. The minimum Gasteiger partial charge on any atom is -0.398 e. The van der Waals surface area contributed by atoms with Crippen molar-refractivity contribution in [3.8, 4) is 0 Å². The maximum Gasteiger partial charge on any atom is 0.257 e. The summed E-state index contributed by atoms with van der Waals surface area (Å²) in [6.45, 7) is 3.17. The number of pyridine rings is 1. The number of nitrogens with zero attached hydrogens (tertiary/aromatic N) is 1. The molecule has 2 rings (SSSR count). The van der Waals surface area contributed by atoms with Crippen LogP contribution in [-0.2, 0) is 0 Å². The maximum atomic E-state index is 12.3. The summed E-state index contributed by atoms with van der Waals surface area (Å²) >= 11 is 0. The molecule has 0 fully saturated rings. The van der Waals surface area contributed by atoms with Crippen LogP contribution in [0.3, 0.4) is 0 Å². The number of hydrogen-bond donors (Lipinski definition) is 5. The first-order valence-corrected chi connectivity index (χ1v) is 6.89. The number of carbonyl (C=O) groups is 1. The Morgan fingerprint density at radius 2 is 1.87 bits per heavy atom. The van der Waals surface area contributed by atoms with Crippen molar-refractivity contribution in [3.63, 3.8) is 0 Å². The van der Waals surface area contributed by atoms with Gasteiger partial charge in [0.15, 0.2) is 0 Å². The van der Waals surface area contributed by atoms with Gasteiger partial charge in [0.2, 0.25) is 0 Å². The summed E-state index contributed by atoms with van der Waals surface area (Å²) in [5.41, 5.74) is 8.14. The number of nitrogen functional groups attached to an aromatic ring is 1. The fraction of sp³-hybridized carbons (Fsp3) is 0.125. The maximum absolute atomic E-state index is 12.3. The molecule has 0 saturated carbocycles. The summed E-state index contributed by atoms with van der Waals surface area (Å²) in [5.74, 6) is -0.211. The van der Waals surface area contributed by atoms with E-state index in [1.165, 1.54) is 22.9 Å². The van der Waals surface area contributed by atoms with Gasteiger partial charge in [-0.1, -0.05) is 0 Å². The van der Waals surface area contributed by atoms with E-state index in [0.717, 1.165) is 0 Å². The summed E-state index contributed by atoms with van der Waals surface area (Å²) in [5, 5.41) is 25.7. The predicted molar refractivity (Wildman–Crippen MR) is 90.4 cm³/mol. The number of nitrogens with two attached hydrogens (primary N) is 1. The molecule has 1 heterocycles. The lowest BCUT2D eigenvalue weighted by atomic mass is 10.1. The first kappa shape index (κ1) is 16.2. The zero-order valence-corrected chi connectivity index (χ0v) is 12.9. The average Bonchev–Trinajstić information content (AvgIpc) is 2.49. The Balaban J connectivity index is 2.31. The van der Waals surface area contributed by atoms with Gasteiger partial charge in [-0.2, -0.15) is 0 Å². The summed E-state index contributed by atoms with van der Waals surface area (Å²) < 4.78 is 1.31. The second-order valence-corrected chi connectivity index (χ2v) is 5.14. The molecule has 0 unspecified atom stereocenters. The lowest BCUT2D eigenvalue weighted by Gasteiger charge is -2.11. The SMILES string of the molecule is CC(=N)c1cc(NC(=O)c2ccc(=N)n(C(C)=N)c2)ccc1N. The molecule has 0 aliphatic heterocycles. The molecule has 0 spiro atoms. The van der Waals surface area contributed by atoms with Crippen LogP contribution in [0.4, 0.5) is 11.4 Å². The zero-order valence-electron chi connectivity index (χ0n) is 12.9. The number of nitrogens with one attached hydrogen (secondary N) is 4. The van der Waals surface area contributed by atoms with Gasteiger partial charge in [-0.3, -0.25) is 20.2 Å². The van der Waals surface area contributed by atoms with Crippen LogP contribution in [-0.4, -0.2) is 22.0 Å². The minimum absolute atomic E-state index is 0.128. The van der Waals surface area contributed by atoms with Gasteiger partial charge in [-0.25, -0.2) is 0 Å². The molecule has 0 aliphatic carbocycles. The summed E-state index contributed by atoms with van der Waals surface area (Å²) in [7, 11) is 0. The number of aromatic nitrogens is 1. The Hall–Kier alpha value is -3.22. The lowest BCUT2D eigenvalue weighted by molar-refractivity contribution is 0.102. The van der Waals surface area contributed by atoms with Crippen LogP contribution in [0.1, 0.15) is 29.8 Å².